The second-order valence-electron chi connectivity index (χ2n) is 6.48. The molecule has 2 aromatic rings. The highest BCUT2D eigenvalue weighted by Crippen LogP contribution is 2.39. The first-order chi connectivity index (χ1) is 13.9. The number of hydrogen-bond acceptors (Lipinski definition) is 7. The number of nitrogens with one attached hydrogen (secondary N) is 1. The van der Waals surface area contributed by atoms with Crippen LogP contribution in [0.2, 0.25) is 0 Å². The zero-order chi connectivity index (χ0) is 20.9. The van der Waals surface area contributed by atoms with Crippen LogP contribution >= 0.6 is 0 Å². The molecule has 0 aliphatic carbocycles. The minimum atomic E-state index is -1.12. The van der Waals surface area contributed by atoms with E-state index in [4.69, 9.17) is 9.47 Å². The van der Waals surface area contributed by atoms with Crippen molar-refractivity contribution in [1.82, 2.24) is 10.2 Å². The minimum Gasteiger partial charge on any atom is -0.493 e. The van der Waals surface area contributed by atoms with Crippen molar-refractivity contribution in [2.45, 2.75) is 12.1 Å². The molecule has 2 aliphatic heterocycles. The molecule has 0 unspecified atom stereocenters. The molecule has 148 valence electrons. The lowest BCUT2D eigenvalue weighted by molar-refractivity contribution is -0.385. The molecule has 10 nitrogen and oxygen atoms in total. The number of imide groups is 1. The molecule has 29 heavy (non-hydrogen) atoms. The van der Waals surface area contributed by atoms with Gasteiger partial charge in [0.25, 0.3) is 17.5 Å². The number of amides is 3. The average Bonchev–Trinajstić information content (AvgIpc) is 2.96. The Bertz CT molecular complexity index is 1080. The molecular weight excluding hydrogens is 382 g/mol. The highest BCUT2D eigenvalue weighted by molar-refractivity contribution is 6.25. The van der Waals surface area contributed by atoms with Crippen molar-refractivity contribution in [2.75, 3.05) is 14.2 Å². The van der Waals surface area contributed by atoms with E-state index in [1.165, 1.54) is 26.4 Å². The van der Waals surface area contributed by atoms with Crippen LogP contribution in [0.25, 0.3) is 0 Å². The van der Waals surface area contributed by atoms with Crippen LogP contribution in [0, 0.1) is 10.1 Å². The molecule has 1 fully saturated rings. The number of hydrogen-bond donors (Lipinski definition) is 1. The molecular formula is C19H15N3O7. The molecule has 3 amide bonds. The van der Waals surface area contributed by atoms with Gasteiger partial charge in [0.1, 0.15) is 11.6 Å². The first-order valence-corrected chi connectivity index (χ1v) is 8.56. The summed E-state index contributed by atoms with van der Waals surface area (Å²) >= 11 is 0. The van der Waals surface area contributed by atoms with Gasteiger partial charge in [-0.1, -0.05) is 12.1 Å². The van der Waals surface area contributed by atoms with Crippen molar-refractivity contribution in [2.24, 2.45) is 0 Å². The summed E-state index contributed by atoms with van der Waals surface area (Å²) < 4.78 is 10.4. The summed E-state index contributed by atoms with van der Waals surface area (Å²) in [5, 5.41) is 13.9. The predicted octanol–water partition coefficient (Wildman–Crippen LogP) is 1.45. The molecule has 2 atom stereocenters. The Morgan fingerprint density at radius 2 is 1.76 bits per heavy atom. The first-order valence-electron chi connectivity index (χ1n) is 8.56. The largest absolute Gasteiger partial charge is 0.493 e. The summed E-state index contributed by atoms with van der Waals surface area (Å²) in [7, 11) is 2.94. The quantitative estimate of drug-likeness (QED) is 0.350. The SMILES string of the molecule is COc1ccc([C@H]2NC(=O)[C@H]2N2C(=O)c3cccc([N+](=O)[O-])c3C2=O)cc1OC. The Balaban J connectivity index is 1.72. The zero-order valence-electron chi connectivity index (χ0n) is 15.4. The van der Waals surface area contributed by atoms with Crippen LogP contribution in [0.1, 0.15) is 32.3 Å². The lowest BCUT2D eigenvalue weighted by atomic mass is 9.90. The summed E-state index contributed by atoms with van der Waals surface area (Å²) in [6, 6.07) is 6.98. The van der Waals surface area contributed by atoms with Gasteiger partial charge in [-0.2, -0.15) is 0 Å². The van der Waals surface area contributed by atoms with Crippen molar-refractivity contribution in [3.63, 3.8) is 0 Å². The Hall–Kier alpha value is -3.95. The molecule has 1 N–H and O–H groups in total. The van der Waals surface area contributed by atoms with Crippen molar-refractivity contribution in [3.05, 3.63) is 63.2 Å². The van der Waals surface area contributed by atoms with Gasteiger partial charge in [0.15, 0.2) is 11.5 Å². The van der Waals surface area contributed by atoms with Gasteiger partial charge in [0.2, 0.25) is 5.91 Å². The summed E-state index contributed by atoms with van der Waals surface area (Å²) in [6.07, 6.45) is 0. The van der Waals surface area contributed by atoms with Gasteiger partial charge in [0.05, 0.1) is 30.7 Å². The van der Waals surface area contributed by atoms with Crippen LogP contribution in [0.4, 0.5) is 5.69 Å². The summed E-state index contributed by atoms with van der Waals surface area (Å²) in [6.45, 7) is 0. The smallest absolute Gasteiger partial charge is 0.282 e. The maximum absolute atomic E-state index is 12.9. The van der Waals surface area contributed by atoms with Crippen molar-refractivity contribution in [3.8, 4) is 11.5 Å². The third-order valence-electron chi connectivity index (χ3n) is 5.05. The fourth-order valence-electron chi connectivity index (χ4n) is 3.64. The number of methoxy groups -OCH3 is 2. The summed E-state index contributed by atoms with van der Waals surface area (Å²) in [5.74, 6) is -1.22. The van der Waals surface area contributed by atoms with Crippen LogP contribution < -0.4 is 14.8 Å². The topological polar surface area (TPSA) is 128 Å². The van der Waals surface area contributed by atoms with E-state index in [9.17, 15) is 24.5 Å². The Morgan fingerprint density at radius 1 is 1.03 bits per heavy atom. The number of benzene rings is 2. The van der Waals surface area contributed by atoms with Gasteiger partial charge < -0.3 is 14.8 Å². The number of β-lactam (4-membered cyclic amide) rings is 1. The third-order valence-corrected chi connectivity index (χ3v) is 5.05. The van der Waals surface area contributed by atoms with Crippen molar-refractivity contribution < 1.29 is 28.8 Å². The highest BCUT2D eigenvalue weighted by Gasteiger charge is 2.54. The minimum absolute atomic E-state index is 0.0880. The summed E-state index contributed by atoms with van der Waals surface area (Å²) in [4.78, 5) is 49.3. The molecule has 0 radical (unpaired) electrons. The van der Waals surface area contributed by atoms with E-state index in [-0.39, 0.29) is 11.1 Å². The van der Waals surface area contributed by atoms with Crippen molar-refractivity contribution in [1.29, 1.82) is 0 Å². The number of fused-ring (bicyclic) bond motifs is 1. The molecule has 0 aromatic heterocycles. The van der Waals surface area contributed by atoms with E-state index in [0.29, 0.717) is 17.1 Å². The van der Waals surface area contributed by atoms with E-state index >= 15 is 0 Å². The van der Waals surface area contributed by atoms with Crippen LogP contribution in [0.3, 0.4) is 0 Å². The number of nitro groups is 1. The Labute approximate surface area is 164 Å². The number of nitrogens with zero attached hydrogens (tertiary/aromatic N) is 2. The number of carbonyl (C=O) groups is 3. The first kappa shape index (κ1) is 18.4. The standard InChI is InChI=1S/C19H15N3O7/c1-28-12-7-6-9(8-13(12)29-2)15-16(17(23)20-15)21-18(24)10-4-3-5-11(22(26)27)14(10)19(21)25/h3-8,15-16H,1-2H3,(H,20,23)/t15-,16+/m1/s1. The molecule has 4 rings (SSSR count). The fraction of sp³-hybridized carbons (Fsp3) is 0.211. The lowest BCUT2D eigenvalue weighted by Crippen LogP contribution is -2.65. The fourth-order valence-corrected chi connectivity index (χ4v) is 3.64. The number of ether oxygens (including phenoxy) is 2. The van der Waals surface area contributed by atoms with E-state index in [1.54, 1.807) is 18.2 Å². The molecule has 2 aromatic carbocycles. The number of rotatable bonds is 5. The van der Waals surface area contributed by atoms with Crippen LogP contribution in [-0.4, -0.2) is 47.8 Å². The van der Waals surface area contributed by atoms with Gasteiger partial charge >= 0.3 is 0 Å². The van der Waals surface area contributed by atoms with E-state index in [1.807, 2.05) is 0 Å². The van der Waals surface area contributed by atoms with Gasteiger partial charge in [0, 0.05) is 6.07 Å². The van der Waals surface area contributed by atoms with Gasteiger partial charge in [-0.15, -0.1) is 0 Å². The van der Waals surface area contributed by atoms with Crippen molar-refractivity contribution >= 4 is 23.4 Å². The zero-order valence-corrected chi connectivity index (χ0v) is 15.4. The van der Waals surface area contributed by atoms with Crippen LogP contribution in [0.15, 0.2) is 36.4 Å². The maximum Gasteiger partial charge on any atom is 0.282 e. The highest BCUT2D eigenvalue weighted by atomic mass is 16.6. The number of carbonyl (C=O) groups excluding carboxylic acids is 3. The second kappa shape index (κ2) is 6.59. The predicted molar refractivity (Wildman–Crippen MR) is 97.8 cm³/mol. The molecule has 10 heteroatoms. The Morgan fingerprint density at radius 3 is 2.38 bits per heavy atom. The van der Waals surface area contributed by atoms with Gasteiger partial charge in [-0.3, -0.25) is 29.4 Å². The third kappa shape index (κ3) is 2.60. The van der Waals surface area contributed by atoms with Crippen LogP contribution in [0.5, 0.6) is 11.5 Å². The molecule has 0 saturated carbocycles. The van der Waals surface area contributed by atoms with E-state index in [0.717, 1.165) is 11.0 Å². The summed E-state index contributed by atoms with van der Waals surface area (Å²) in [5.41, 5.74) is -0.257. The molecule has 2 heterocycles. The second-order valence-corrected chi connectivity index (χ2v) is 6.48. The average molecular weight is 397 g/mol. The lowest BCUT2D eigenvalue weighted by Gasteiger charge is -2.41. The van der Waals surface area contributed by atoms with E-state index < -0.39 is 40.4 Å². The molecule has 2 aliphatic rings. The number of nitro benzene ring substituents is 1. The monoisotopic (exact) mass is 397 g/mol. The van der Waals surface area contributed by atoms with Crippen LogP contribution in [-0.2, 0) is 4.79 Å². The molecule has 1 saturated heterocycles. The maximum atomic E-state index is 12.9. The van der Waals surface area contributed by atoms with Gasteiger partial charge in [-0.05, 0) is 23.8 Å². The van der Waals surface area contributed by atoms with Gasteiger partial charge in [-0.25, -0.2) is 0 Å². The Kier molecular flexibility index (Phi) is 4.18. The normalized spacial score (nSPS) is 20.1. The molecule has 0 bridgehead atoms. The van der Waals surface area contributed by atoms with E-state index in [2.05, 4.69) is 5.32 Å². The molecule has 0 spiro atoms.